The summed E-state index contributed by atoms with van der Waals surface area (Å²) >= 11 is 0. The Balaban J connectivity index is 1.57. The summed E-state index contributed by atoms with van der Waals surface area (Å²) < 4.78 is 3.62. The molecule has 6 aromatic rings. The third-order valence-corrected chi connectivity index (χ3v) is 5.83. The van der Waals surface area contributed by atoms with Gasteiger partial charge in [-0.3, -0.25) is 14.2 Å². The number of imidazole rings is 1. The summed E-state index contributed by atoms with van der Waals surface area (Å²) in [5.41, 5.74) is 3.97. The molecular formula is C26H19N4O2+. The SMILES string of the molecule is O=c1c2cccc3cc(N=Cc4cc[n+](CCO)cc4)cc(c32)c2nc3ccccc3n12. The first-order valence-electron chi connectivity index (χ1n) is 10.5. The zero-order chi connectivity index (χ0) is 21.7. The van der Waals surface area contributed by atoms with E-state index in [4.69, 9.17) is 15.1 Å². The fourth-order valence-electron chi connectivity index (χ4n) is 4.34. The van der Waals surface area contributed by atoms with Gasteiger partial charge in [0.25, 0.3) is 5.56 Å². The highest BCUT2D eigenvalue weighted by Crippen LogP contribution is 2.33. The number of aliphatic imine (C=N–C) groups is 1. The fraction of sp³-hybridized carbons (Fsp3) is 0.0769. The van der Waals surface area contributed by atoms with Crippen LogP contribution in [0.2, 0.25) is 0 Å². The van der Waals surface area contributed by atoms with E-state index in [1.165, 1.54) is 0 Å². The average Bonchev–Trinajstić information content (AvgIpc) is 3.22. The Bertz CT molecular complexity index is 1700. The van der Waals surface area contributed by atoms with Crippen LogP contribution in [-0.4, -0.2) is 27.3 Å². The molecule has 1 N–H and O–H groups in total. The van der Waals surface area contributed by atoms with Gasteiger partial charge in [0.15, 0.2) is 18.9 Å². The Morgan fingerprint density at radius 3 is 2.69 bits per heavy atom. The van der Waals surface area contributed by atoms with Gasteiger partial charge in [-0.15, -0.1) is 0 Å². The smallest absolute Gasteiger partial charge is 0.264 e. The molecule has 32 heavy (non-hydrogen) atoms. The highest BCUT2D eigenvalue weighted by atomic mass is 16.3. The van der Waals surface area contributed by atoms with Crippen molar-refractivity contribution in [2.75, 3.05) is 6.61 Å². The van der Waals surface area contributed by atoms with E-state index in [0.29, 0.717) is 17.6 Å². The van der Waals surface area contributed by atoms with Crippen LogP contribution in [0.3, 0.4) is 0 Å². The van der Waals surface area contributed by atoms with E-state index in [1.54, 1.807) is 4.40 Å². The van der Waals surface area contributed by atoms with E-state index < -0.39 is 0 Å². The Morgan fingerprint density at radius 1 is 1.00 bits per heavy atom. The topological polar surface area (TPSA) is 70.8 Å². The maximum absolute atomic E-state index is 13.3. The lowest BCUT2D eigenvalue weighted by molar-refractivity contribution is -0.698. The third-order valence-electron chi connectivity index (χ3n) is 5.83. The molecule has 0 amide bonds. The van der Waals surface area contributed by atoms with Gasteiger partial charge in [0, 0.05) is 40.1 Å². The summed E-state index contributed by atoms with van der Waals surface area (Å²) in [6.07, 6.45) is 5.65. The average molecular weight is 419 g/mol. The minimum Gasteiger partial charge on any atom is -0.390 e. The maximum Gasteiger partial charge on any atom is 0.264 e. The minimum absolute atomic E-state index is 0.0523. The number of benzene rings is 3. The molecule has 0 aliphatic carbocycles. The summed E-state index contributed by atoms with van der Waals surface area (Å²) in [5.74, 6) is 0. The number of nitrogens with zero attached hydrogens (tertiary/aromatic N) is 4. The van der Waals surface area contributed by atoms with Crippen molar-refractivity contribution in [3.63, 3.8) is 0 Å². The van der Waals surface area contributed by atoms with Crippen molar-refractivity contribution in [1.29, 1.82) is 0 Å². The van der Waals surface area contributed by atoms with Gasteiger partial charge in [-0.05, 0) is 35.7 Å². The van der Waals surface area contributed by atoms with Crippen LogP contribution in [0.4, 0.5) is 5.69 Å². The molecule has 0 saturated carbocycles. The van der Waals surface area contributed by atoms with Gasteiger partial charge in [-0.25, -0.2) is 9.55 Å². The summed E-state index contributed by atoms with van der Waals surface area (Å²) in [6, 6.07) is 21.4. The first-order chi connectivity index (χ1) is 15.7. The second-order valence-corrected chi connectivity index (χ2v) is 7.81. The minimum atomic E-state index is -0.0523. The Kier molecular flexibility index (Phi) is 4.19. The van der Waals surface area contributed by atoms with Crippen LogP contribution >= 0.6 is 0 Å². The lowest BCUT2D eigenvalue weighted by atomic mass is 10.0. The van der Waals surface area contributed by atoms with Crippen molar-refractivity contribution in [3.8, 4) is 0 Å². The molecule has 0 aliphatic heterocycles. The van der Waals surface area contributed by atoms with Gasteiger partial charge in [-0.2, -0.15) is 0 Å². The van der Waals surface area contributed by atoms with E-state index in [0.717, 1.165) is 38.4 Å². The molecule has 0 spiro atoms. The maximum atomic E-state index is 13.3. The lowest BCUT2D eigenvalue weighted by Gasteiger charge is -2.08. The Labute approximate surface area is 182 Å². The van der Waals surface area contributed by atoms with Crippen LogP contribution < -0.4 is 10.1 Å². The molecule has 0 saturated heterocycles. The first kappa shape index (κ1) is 18.6. The molecule has 0 atom stereocenters. The van der Waals surface area contributed by atoms with E-state index in [9.17, 15) is 4.79 Å². The number of aromatic nitrogens is 3. The Morgan fingerprint density at radius 2 is 1.84 bits per heavy atom. The normalized spacial score (nSPS) is 12.2. The number of aliphatic hydroxyl groups excluding tert-OH is 1. The van der Waals surface area contributed by atoms with Crippen molar-refractivity contribution in [2.45, 2.75) is 6.54 Å². The van der Waals surface area contributed by atoms with E-state index in [-0.39, 0.29) is 12.2 Å². The van der Waals surface area contributed by atoms with Gasteiger partial charge in [0.1, 0.15) is 12.3 Å². The van der Waals surface area contributed by atoms with Gasteiger partial charge < -0.3 is 5.11 Å². The molecule has 3 aromatic heterocycles. The van der Waals surface area contributed by atoms with Crippen molar-refractivity contribution in [3.05, 3.63) is 95.0 Å². The standard InChI is InChI=1S/C26H19N4O2/c31-13-12-29-10-8-17(9-11-29)16-27-19-14-18-4-3-5-20-24(18)21(15-19)25-28-22-6-1-2-7-23(22)30(25)26(20)32/h1-11,14-16,31H,12-13H2/q+1. The molecule has 3 heterocycles. The van der Waals surface area contributed by atoms with Crippen LogP contribution in [0.5, 0.6) is 0 Å². The highest BCUT2D eigenvalue weighted by Gasteiger charge is 2.16. The van der Waals surface area contributed by atoms with Gasteiger partial charge in [-0.1, -0.05) is 24.3 Å². The monoisotopic (exact) mass is 419 g/mol. The number of pyridine rings is 2. The summed E-state index contributed by atoms with van der Waals surface area (Å²) in [7, 11) is 0. The molecule has 6 nitrogen and oxygen atoms in total. The quantitative estimate of drug-likeness (QED) is 0.350. The second kappa shape index (κ2) is 7.21. The molecule has 6 rings (SSSR count). The zero-order valence-electron chi connectivity index (χ0n) is 17.1. The highest BCUT2D eigenvalue weighted by molar-refractivity contribution is 6.16. The van der Waals surface area contributed by atoms with Crippen LogP contribution in [0.1, 0.15) is 5.56 Å². The van der Waals surface area contributed by atoms with Gasteiger partial charge in [0.05, 0.1) is 16.7 Å². The van der Waals surface area contributed by atoms with Crippen molar-refractivity contribution >= 4 is 50.1 Å². The van der Waals surface area contributed by atoms with Crippen molar-refractivity contribution in [1.82, 2.24) is 9.38 Å². The molecule has 154 valence electrons. The molecule has 6 heteroatoms. The van der Waals surface area contributed by atoms with Crippen molar-refractivity contribution < 1.29 is 9.67 Å². The second-order valence-electron chi connectivity index (χ2n) is 7.81. The number of rotatable bonds is 4. The fourth-order valence-corrected chi connectivity index (χ4v) is 4.34. The predicted molar refractivity (Wildman–Crippen MR) is 126 cm³/mol. The first-order valence-corrected chi connectivity index (χ1v) is 10.5. The molecule has 3 aromatic carbocycles. The number of hydrogen-bond acceptors (Lipinski definition) is 4. The van der Waals surface area contributed by atoms with E-state index >= 15 is 0 Å². The molecule has 0 radical (unpaired) electrons. The molecule has 0 aliphatic rings. The molecule has 0 bridgehead atoms. The third kappa shape index (κ3) is 2.85. The lowest BCUT2D eigenvalue weighted by Crippen LogP contribution is -2.34. The van der Waals surface area contributed by atoms with Crippen LogP contribution in [0, 0.1) is 0 Å². The van der Waals surface area contributed by atoms with Crippen LogP contribution in [-0.2, 0) is 6.54 Å². The number of hydrogen-bond donors (Lipinski definition) is 1. The number of fused-ring (bicyclic) bond motifs is 4. The van der Waals surface area contributed by atoms with E-state index in [2.05, 4.69) is 0 Å². The zero-order valence-corrected chi connectivity index (χ0v) is 17.1. The van der Waals surface area contributed by atoms with Gasteiger partial charge in [0.2, 0.25) is 0 Å². The summed E-state index contributed by atoms with van der Waals surface area (Å²) in [6.45, 7) is 0.667. The Hall–Kier alpha value is -4.16. The summed E-state index contributed by atoms with van der Waals surface area (Å²) in [4.78, 5) is 22.8. The van der Waals surface area contributed by atoms with Crippen LogP contribution in [0.25, 0.3) is 38.2 Å². The van der Waals surface area contributed by atoms with Crippen molar-refractivity contribution in [2.24, 2.45) is 4.99 Å². The number of para-hydroxylation sites is 2. The van der Waals surface area contributed by atoms with E-state index in [1.807, 2.05) is 89.9 Å². The van der Waals surface area contributed by atoms with Gasteiger partial charge >= 0.3 is 0 Å². The predicted octanol–water partition coefficient (Wildman–Crippen LogP) is 3.62. The molecular weight excluding hydrogens is 400 g/mol. The molecule has 0 fully saturated rings. The summed E-state index contributed by atoms with van der Waals surface area (Å²) in [5, 5.41) is 12.5. The largest absolute Gasteiger partial charge is 0.390 e. The molecule has 0 unspecified atom stereocenters. The van der Waals surface area contributed by atoms with Crippen LogP contribution in [0.15, 0.2) is 88.9 Å². The number of aliphatic hydroxyl groups is 1.